The first-order valence-corrected chi connectivity index (χ1v) is 9.77. The van der Waals surface area contributed by atoms with Gasteiger partial charge in [0.15, 0.2) is 0 Å². The summed E-state index contributed by atoms with van der Waals surface area (Å²) in [5.74, 6) is 0.318. The number of nitrogens with zero attached hydrogens (tertiary/aromatic N) is 3. The quantitative estimate of drug-likeness (QED) is 0.493. The molecule has 4 aromatic rings. The van der Waals surface area contributed by atoms with Crippen molar-refractivity contribution in [1.82, 2.24) is 9.78 Å². The van der Waals surface area contributed by atoms with Crippen molar-refractivity contribution >= 4 is 11.6 Å². The molecule has 0 radical (unpaired) electrons. The van der Waals surface area contributed by atoms with Crippen LogP contribution in [0.4, 0.5) is 5.69 Å². The van der Waals surface area contributed by atoms with Gasteiger partial charge in [0.1, 0.15) is 12.4 Å². The van der Waals surface area contributed by atoms with Crippen molar-refractivity contribution in [3.63, 3.8) is 0 Å². The van der Waals surface area contributed by atoms with E-state index in [1.54, 1.807) is 36.5 Å². The van der Waals surface area contributed by atoms with Gasteiger partial charge in [0.25, 0.3) is 5.91 Å². The number of anilines is 1. The molecule has 1 heterocycles. The number of carbonyl (C=O) groups is 1. The summed E-state index contributed by atoms with van der Waals surface area (Å²) in [7, 11) is 0. The van der Waals surface area contributed by atoms with Gasteiger partial charge in [-0.15, -0.1) is 0 Å². The van der Waals surface area contributed by atoms with Crippen molar-refractivity contribution in [3.8, 4) is 17.5 Å². The molecule has 0 aliphatic carbocycles. The van der Waals surface area contributed by atoms with Crippen LogP contribution in [0.2, 0.25) is 0 Å². The molecule has 0 unspecified atom stereocenters. The third-order valence-electron chi connectivity index (χ3n) is 4.81. The van der Waals surface area contributed by atoms with Crippen molar-refractivity contribution in [2.24, 2.45) is 0 Å². The zero-order valence-corrected chi connectivity index (χ0v) is 16.9. The predicted octanol–water partition coefficient (Wildman–Crippen LogP) is 4.88. The Kier molecular flexibility index (Phi) is 5.77. The minimum Gasteiger partial charge on any atom is -0.489 e. The summed E-state index contributed by atoms with van der Waals surface area (Å²) in [6.45, 7) is 2.22. The Balaban J connectivity index is 1.46. The molecule has 4 rings (SSSR count). The Morgan fingerprint density at radius 1 is 1.06 bits per heavy atom. The number of rotatable bonds is 6. The van der Waals surface area contributed by atoms with Crippen LogP contribution in [0.3, 0.4) is 0 Å². The van der Waals surface area contributed by atoms with E-state index in [1.165, 1.54) is 0 Å². The highest BCUT2D eigenvalue weighted by Gasteiger charge is 2.10. The lowest BCUT2D eigenvalue weighted by atomic mass is 10.1. The normalized spacial score (nSPS) is 10.3. The van der Waals surface area contributed by atoms with Gasteiger partial charge in [-0.2, -0.15) is 10.4 Å². The molecular weight excluding hydrogens is 388 g/mol. The van der Waals surface area contributed by atoms with E-state index < -0.39 is 0 Å². The van der Waals surface area contributed by atoms with E-state index in [1.807, 2.05) is 60.1 Å². The molecule has 0 fully saturated rings. The molecule has 1 N–H and O–H groups in total. The van der Waals surface area contributed by atoms with Crippen LogP contribution in [0.15, 0.2) is 85.1 Å². The molecule has 0 saturated carbocycles. The van der Waals surface area contributed by atoms with Crippen LogP contribution in [-0.2, 0) is 6.61 Å². The van der Waals surface area contributed by atoms with Gasteiger partial charge < -0.3 is 10.1 Å². The third kappa shape index (κ3) is 4.62. The number of amides is 1. The van der Waals surface area contributed by atoms with Gasteiger partial charge in [-0.3, -0.25) is 4.79 Å². The van der Waals surface area contributed by atoms with Gasteiger partial charge >= 0.3 is 0 Å². The topological polar surface area (TPSA) is 79.9 Å². The Labute approximate surface area is 180 Å². The number of ether oxygens (including phenoxy) is 1. The van der Waals surface area contributed by atoms with Crippen LogP contribution in [0.5, 0.6) is 5.75 Å². The minimum absolute atomic E-state index is 0.239. The molecule has 0 atom stereocenters. The van der Waals surface area contributed by atoms with Crippen LogP contribution < -0.4 is 10.1 Å². The standard InChI is InChI=1S/C25H20N4O2/c1-18-12-13-27-29(18)23-10-5-9-22(15-23)28-25(30)19-8-4-11-24(14-19)31-17-21-7-3-2-6-20(21)16-26/h2-15H,17H2,1H3,(H,28,30). The predicted molar refractivity (Wildman–Crippen MR) is 118 cm³/mol. The van der Waals surface area contributed by atoms with E-state index in [2.05, 4.69) is 16.5 Å². The van der Waals surface area contributed by atoms with E-state index in [-0.39, 0.29) is 12.5 Å². The first-order chi connectivity index (χ1) is 15.1. The number of hydrogen-bond donors (Lipinski definition) is 1. The lowest BCUT2D eigenvalue weighted by molar-refractivity contribution is 0.102. The fourth-order valence-electron chi connectivity index (χ4n) is 3.20. The fourth-order valence-corrected chi connectivity index (χ4v) is 3.20. The second-order valence-electron chi connectivity index (χ2n) is 6.97. The molecule has 1 amide bonds. The molecule has 0 saturated heterocycles. The maximum absolute atomic E-state index is 12.8. The lowest BCUT2D eigenvalue weighted by Gasteiger charge is -2.11. The van der Waals surface area contributed by atoms with Gasteiger partial charge in [0.05, 0.1) is 17.3 Å². The SMILES string of the molecule is Cc1ccnn1-c1cccc(NC(=O)c2cccc(OCc3ccccc3C#N)c2)c1. The van der Waals surface area contributed by atoms with Crippen LogP contribution in [-0.4, -0.2) is 15.7 Å². The molecule has 6 nitrogen and oxygen atoms in total. The summed E-state index contributed by atoms with van der Waals surface area (Å²) in [6.07, 6.45) is 1.74. The summed E-state index contributed by atoms with van der Waals surface area (Å²) < 4.78 is 7.62. The smallest absolute Gasteiger partial charge is 0.255 e. The Bertz CT molecular complexity index is 1270. The Morgan fingerprint density at radius 2 is 1.90 bits per heavy atom. The average molecular weight is 408 g/mol. The van der Waals surface area contributed by atoms with Crippen molar-refractivity contribution < 1.29 is 9.53 Å². The molecule has 0 bridgehead atoms. The Hall–Kier alpha value is -4.37. The summed E-state index contributed by atoms with van der Waals surface area (Å²) in [6, 6.07) is 25.8. The largest absolute Gasteiger partial charge is 0.489 e. The fraction of sp³-hybridized carbons (Fsp3) is 0.0800. The highest BCUT2D eigenvalue weighted by atomic mass is 16.5. The number of carbonyl (C=O) groups excluding carboxylic acids is 1. The van der Waals surface area contributed by atoms with E-state index in [0.29, 0.717) is 22.6 Å². The maximum atomic E-state index is 12.8. The molecule has 6 heteroatoms. The zero-order chi connectivity index (χ0) is 21.6. The number of aryl methyl sites for hydroxylation is 1. The maximum Gasteiger partial charge on any atom is 0.255 e. The number of nitriles is 1. The molecule has 3 aromatic carbocycles. The second-order valence-corrected chi connectivity index (χ2v) is 6.97. The first-order valence-electron chi connectivity index (χ1n) is 9.77. The molecule has 1 aromatic heterocycles. The van der Waals surface area contributed by atoms with E-state index in [9.17, 15) is 10.1 Å². The van der Waals surface area contributed by atoms with Gasteiger partial charge in [-0.05, 0) is 55.5 Å². The molecular formula is C25H20N4O2. The molecule has 0 spiro atoms. The molecule has 31 heavy (non-hydrogen) atoms. The van der Waals surface area contributed by atoms with Crippen molar-refractivity contribution in [3.05, 3.63) is 107 Å². The van der Waals surface area contributed by atoms with E-state index in [0.717, 1.165) is 16.9 Å². The van der Waals surface area contributed by atoms with Gasteiger partial charge in [0.2, 0.25) is 0 Å². The monoisotopic (exact) mass is 408 g/mol. The summed E-state index contributed by atoms with van der Waals surface area (Å²) in [4.78, 5) is 12.8. The average Bonchev–Trinajstić information content (AvgIpc) is 3.24. The lowest BCUT2D eigenvalue weighted by Crippen LogP contribution is -2.12. The van der Waals surface area contributed by atoms with Gasteiger partial charge in [-0.1, -0.05) is 30.3 Å². The van der Waals surface area contributed by atoms with Crippen LogP contribution in [0, 0.1) is 18.3 Å². The van der Waals surface area contributed by atoms with Crippen LogP contribution >= 0.6 is 0 Å². The molecule has 0 aliphatic rings. The Morgan fingerprint density at radius 3 is 2.71 bits per heavy atom. The van der Waals surface area contributed by atoms with Crippen molar-refractivity contribution in [2.45, 2.75) is 13.5 Å². The van der Waals surface area contributed by atoms with Crippen molar-refractivity contribution in [2.75, 3.05) is 5.32 Å². The number of hydrogen-bond acceptors (Lipinski definition) is 4. The summed E-state index contributed by atoms with van der Waals surface area (Å²) in [5, 5.41) is 16.4. The van der Waals surface area contributed by atoms with E-state index in [4.69, 9.17) is 4.74 Å². The van der Waals surface area contributed by atoms with E-state index >= 15 is 0 Å². The number of aromatic nitrogens is 2. The summed E-state index contributed by atoms with van der Waals surface area (Å²) in [5.41, 5.74) is 4.40. The van der Waals surface area contributed by atoms with Crippen LogP contribution in [0.25, 0.3) is 5.69 Å². The summed E-state index contributed by atoms with van der Waals surface area (Å²) >= 11 is 0. The van der Waals surface area contributed by atoms with Crippen molar-refractivity contribution in [1.29, 1.82) is 5.26 Å². The second kappa shape index (κ2) is 8.97. The molecule has 152 valence electrons. The highest BCUT2D eigenvalue weighted by Crippen LogP contribution is 2.20. The minimum atomic E-state index is -0.239. The third-order valence-corrected chi connectivity index (χ3v) is 4.81. The van der Waals surface area contributed by atoms with Gasteiger partial charge in [-0.25, -0.2) is 4.68 Å². The van der Waals surface area contributed by atoms with Gasteiger partial charge in [0, 0.05) is 28.7 Å². The molecule has 0 aliphatic heterocycles. The first kappa shape index (κ1) is 19.9. The number of benzene rings is 3. The van der Waals surface area contributed by atoms with Crippen LogP contribution in [0.1, 0.15) is 27.2 Å². The zero-order valence-electron chi connectivity index (χ0n) is 16.9. The highest BCUT2D eigenvalue weighted by molar-refractivity contribution is 6.04. The number of nitrogens with one attached hydrogen (secondary N) is 1.